The molecule has 1 aliphatic heterocycles. The fourth-order valence-corrected chi connectivity index (χ4v) is 7.93. The normalized spacial score (nSPS) is 19.0. The van der Waals surface area contributed by atoms with E-state index in [9.17, 15) is 18.8 Å². The zero-order valence-electron chi connectivity index (χ0n) is 31.5. The van der Waals surface area contributed by atoms with Crippen LogP contribution < -0.4 is 0 Å². The van der Waals surface area contributed by atoms with Crippen LogP contribution >= 0.6 is 15.9 Å². The van der Waals surface area contributed by atoms with Crippen LogP contribution in [0.1, 0.15) is 84.9 Å². The highest BCUT2D eigenvalue weighted by molar-refractivity contribution is 9.10. The number of carbonyl (C=O) groups excluding carboxylic acids is 3. The molecule has 50 heavy (non-hydrogen) atoms. The number of methoxy groups -OCH3 is 2. The topological polar surface area (TPSA) is 89.0 Å². The van der Waals surface area contributed by atoms with Gasteiger partial charge in [0.15, 0.2) is 0 Å². The zero-order valence-corrected chi connectivity index (χ0v) is 33.1. The molecule has 1 fully saturated rings. The van der Waals surface area contributed by atoms with E-state index in [1.165, 1.54) is 11.6 Å². The molecule has 0 aliphatic carbocycles. The monoisotopic (exact) mass is 759 g/mol. The van der Waals surface area contributed by atoms with Gasteiger partial charge in [-0.3, -0.25) is 19.4 Å². The van der Waals surface area contributed by atoms with Crippen molar-refractivity contribution in [3.8, 4) is 0 Å². The van der Waals surface area contributed by atoms with Gasteiger partial charge in [0.1, 0.15) is 11.6 Å². The molecule has 0 saturated carbocycles. The van der Waals surface area contributed by atoms with Gasteiger partial charge < -0.3 is 19.3 Å². The predicted molar refractivity (Wildman–Crippen MR) is 199 cm³/mol. The van der Waals surface area contributed by atoms with Gasteiger partial charge >= 0.3 is 0 Å². The lowest BCUT2D eigenvalue weighted by Crippen LogP contribution is -2.54. The van der Waals surface area contributed by atoms with Gasteiger partial charge in [0.25, 0.3) is 0 Å². The molecule has 2 aromatic rings. The Morgan fingerprint density at radius 3 is 2.30 bits per heavy atom. The summed E-state index contributed by atoms with van der Waals surface area (Å²) in [5.41, 5.74) is 1.46. The average Bonchev–Trinajstić information content (AvgIpc) is 3.57. The van der Waals surface area contributed by atoms with Gasteiger partial charge in [0.2, 0.25) is 11.8 Å². The lowest BCUT2D eigenvalue weighted by atomic mass is 9.85. The average molecular weight is 761 g/mol. The maximum absolute atomic E-state index is 14.8. The van der Waals surface area contributed by atoms with Crippen LogP contribution in [-0.4, -0.2) is 84.5 Å². The number of aromatic nitrogens is 1. The van der Waals surface area contributed by atoms with E-state index in [4.69, 9.17) is 9.47 Å². The Kier molecular flexibility index (Phi) is 16.5. The Balaban J connectivity index is 1.75. The molecule has 1 saturated heterocycles. The van der Waals surface area contributed by atoms with Crippen molar-refractivity contribution in [3.63, 3.8) is 0 Å². The lowest BCUT2D eigenvalue weighted by molar-refractivity contribution is -0.148. The number of hydrogen-bond acceptors (Lipinski definition) is 6. The van der Waals surface area contributed by atoms with E-state index in [2.05, 4.69) is 53.8 Å². The third-order valence-electron chi connectivity index (χ3n) is 10.7. The van der Waals surface area contributed by atoms with Crippen molar-refractivity contribution in [3.05, 3.63) is 64.1 Å². The van der Waals surface area contributed by atoms with Gasteiger partial charge in [-0.1, -0.05) is 78.3 Å². The first-order valence-corrected chi connectivity index (χ1v) is 19.0. The van der Waals surface area contributed by atoms with Gasteiger partial charge in [-0.05, 0) is 64.6 Å². The molecule has 2 heterocycles. The third-order valence-corrected chi connectivity index (χ3v) is 11.2. The SMILES string of the molecule is CC[C@H](C)[C@@H]([C@@H](CC(=O)N1CCC[C@H]1[C@H](OC)[C@@H](C)C(=O)C[C@H](C)Cc1ccccc1)OC)N(C)C(=O)[C@@H](Cc1ncc(Br)cc1F)C(C)C. The van der Waals surface area contributed by atoms with Crippen molar-refractivity contribution in [1.29, 1.82) is 0 Å². The minimum atomic E-state index is -0.568. The van der Waals surface area contributed by atoms with Crippen molar-refractivity contribution < 1.29 is 28.2 Å². The van der Waals surface area contributed by atoms with Crippen LogP contribution in [0.2, 0.25) is 0 Å². The number of benzene rings is 1. The second-order valence-corrected chi connectivity index (χ2v) is 15.6. The number of halogens is 2. The molecule has 0 bridgehead atoms. The summed E-state index contributed by atoms with van der Waals surface area (Å²) in [7, 11) is 4.98. The molecule has 2 amide bonds. The Morgan fingerprint density at radius 1 is 1.04 bits per heavy atom. The van der Waals surface area contributed by atoms with Gasteiger partial charge in [0, 0.05) is 63.2 Å². The van der Waals surface area contributed by atoms with E-state index in [0.29, 0.717) is 17.4 Å². The highest BCUT2D eigenvalue weighted by atomic mass is 79.9. The molecule has 0 spiro atoms. The Morgan fingerprint density at radius 2 is 1.72 bits per heavy atom. The quantitative estimate of drug-likeness (QED) is 0.147. The number of carbonyl (C=O) groups is 3. The Labute approximate surface area is 308 Å². The Hall–Kier alpha value is -2.69. The number of ether oxygens (including phenoxy) is 2. The van der Waals surface area contributed by atoms with Crippen molar-refractivity contribution in [1.82, 2.24) is 14.8 Å². The maximum Gasteiger partial charge on any atom is 0.226 e. The van der Waals surface area contributed by atoms with Crippen LogP contribution in [0.4, 0.5) is 4.39 Å². The zero-order chi connectivity index (χ0) is 37.1. The summed E-state index contributed by atoms with van der Waals surface area (Å²) in [6.45, 7) is 12.6. The summed E-state index contributed by atoms with van der Waals surface area (Å²) in [5, 5.41) is 0. The number of pyridine rings is 1. The molecule has 0 N–H and O–H groups in total. The van der Waals surface area contributed by atoms with Gasteiger partial charge in [-0.2, -0.15) is 0 Å². The number of hydrogen-bond donors (Lipinski definition) is 0. The Bertz CT molecular complexity index is 1390. The molecule has 3 rings (SSSR count). The molecule has 1 aromatic heterocycles. The molecule has 0 radical (unpaired) electrons. The summed E-state index contributed by atoms with van der Waals surface area (Å²) in [6.07, 6.45) is 4.42. The number of likely N-dealkylation sites (tertiary alicyclic amines) is 1. The number of Topliss-reactive ketones (excluding diaryl/α,β-unsaturated/α-hetero) is 1. The molecule has 1 aliphatic rings. The molecular formula is C40H59BrFN3O5. The summed E-state index contributed by atoms with van der Waals surface area (Å²) < 4.78 is 27.3. The van der Waals surface area contributed by atoms with E-state index in [1.807, 2.05) is 43.9 Å². The van der Waals surface area contributed by atoms with Crippen LogP contribution in [0.3, 0.4) is 0 Å². The van der Waals surface area contributed by atoms with Crippen LogP contribution in [0.5, 0.6) is 0 Å². The minimum Gasteiger partial charge on any atom is -0.379 e. The van der Waals surface area contributed by atoms with E-state index in [-0.39, 0.29) is 65.8 Å². The highest BCUT2D eigenvalue weighted by Crippen LogP contribution is 2.31. The number of likely N-dealkylation sites (N-methyl/N-ethyl adjacent to an activating group) is 1. The van der Waals surface area contributed by atoms with Crippen molar-refractivity contribution in [2.75, 3.05) is 27.8 Å². The first-order chi connectivity index (χ1) is 23.7. The number of ketones is 1. The van der Waals surface area contributed by atoms with Gasteiger partial charge in [-0.25, -0.2) is 4.39 Å². The minimum absolute atomic E-state index is 0.0219. The van der Waals surface area contributed by atoms with E-state index in [1.54, 1.807) is 32.4 Å². The molecule has 10 heteroatoms. The summed E-state index contributed by atoms with van der Waals surface area (Å²) in [4.78, 5) is 49.6. The largest absolute Gasteiger partial charge is 0.379 e. The fraction of sp³-hybridized carbons (Fsp3) is 0.650. The number of rotatable bonds is 19. The van der Waals surface area contributed by atoms with Crippen LogP contribution in [0, 0.1) is 35.4 Å². The first-order valence-electron chi connectivity index (χ1n) is 18.2. The molecule has 8 nitrogen and oxygen atoms in total. The molecule has 1 aromatic carbocycles. The van der Waals surface area contributed by atoms with Crippen molar-refractivity contribution >= 4 is 33.5 Å². The molecule has 278 valence electrons. The van der Waals surface area contributed by atoms with Crippen LogP contribution in [0.25, 0.3) is 0 Å². The second-order valence-electron chi connectivity index (χ2n) is 14.7. The molecule has 0 unspecified atom stereocenters. The van der Waals surface area contributed by atoms with Gasteiger partial charge in [0.05, 0.1) is 36.4 Å². The predicted octanol–water partition coefficient (Wildman–Crippen LogP) is 7.56. The first kappa shape index (κ1) is 41.7. The standard InChI is InChI=1S/C40H59BrFN3O5/c1-10-27(5)38(44(7)40(48)31(25(2)3)22-33-32(42)21-30(41)24-43-33)36(49-8)23-37(47)45-18-14-17-34(45)39(50-9)28(6)35(46)20-26(4)19-29-15-12-11-13-16-29/h11-13,15-16,21,24-28,31,34,36,38-39H,10,14,17-20,22-23H2,1-9H3/t26-,27+,28+,31+,34+,36-,38+,39-/m1/s1. The number of nitrogens with zero attached hydrogens (tertiary/aromatic N) is 3. The summed E-state index contributed by atoms with van der Waals surface area (Å²) >= 11 is 3.26. The number of amides is 2. The third kappa shape index (κ3) is 10.9. The van der Waals surface area contributed by atoms with E-state index >= 15 is 0 Å². The maximum atomic E-state index is 14.8. The molecular weight excluding hydrogens is 701 g/mol. The summed E-state index contributed by atoms with van der Waals surface area (Å²) in [6, 6.07) is 10.9. The smallest absolute Gasteiger partial charge is 0.226 e. The van der Waals surface area contributed by atoms with E-state index < -0.39 is 30.0 Å². The summed E-state index contributed by atoms with van der Waals surface area (Å²) in [5.74, 6) is -1.26. The molecule has 8 atom stereocenters. The van der Waals surface area contributed by atoms with Gasteiger partial charge in [-0.15, -0.1) is 0 Å². The van der Waals surface area contributed by atoms with Crippen molar-refractivity contribution in [2.45, 2.75) is 111 Å². The van der Waals surface area contributed by atoms with Crippen LogP contribution in [0.15, 0.2) is 47.1 Å². The highest BCUT2D eigenvalue weighted by Gasteiger charge is 2.42. The van der Waals surface area contributed by atoms with Crippen molar-refractivity contribution in [2.24, 2.45) is 29.6 Å². The van der Waals surface area contributed by atoms with E-state index in [0.717, 1.165) is 25.7 Å². The fourth-order valence-electron chi connectivity index (χ4n) is 7.63. The second kappa shape index (κ2) is 19.8. The lowest BCUT2D eigenvalue weighted by Gasteiger charge is -2.40. The van der Waals surface area contributed by atoms with Crippen LogP contribution in [-0.2, 0) is 36.7 Å².